The number of hydrogen-bond donors (Lipinski definition) is 3. The summed E-state index contributed by atoms with van der Waals surface area (Å²) < 4.78 is 17.1. The molecule has 2 aliphatic heterocycles. The van der Waals surface area contributed by atoms with Gasteiger partial charge in [-0.3, -0.25) is 0 Å². The highest BCUT2D eigenvalue weighted by molar-refractivity contribution is 4.97. The average molecular weight is 260 g/mol. The van der Waals surface area contributed by atoms with E-state index in [4.69, 9.17) is 19.3 Å². The van der Waals surface area contributed by atoms with Crippen molar-refractivity contribution in [2.24, 2.45) is 0 Å². The summed E-state index contributed by atoms with van der Waals surface area (Å²) in [6.45, 7) is -0.452. The van der Waals surface area contributed by atoms with Gasteiger partial charge in [0.1, 0.15) is 24.4 Å². The first-order valence-corrected chi connectivity index (χ1v) is 6.63. The predicted octanol–water partition coefficient (Wildman–Crippen LogP) is -0.499. The number of aliphatic hydroxyl groups is 3. The molecule has 3 N–H and O–H groups in total. The molecule has 0 aromatic rings. The summed E-state index contributed by atoms with van der Waals surface area (Å²) in [5.74, 6) is -0.607. The van der Waals surface area contributed by atoms with Crippen LogP contribution in [0.3, 0.4) is 0 Å². The molecule has 3 fully saturated rings. The van der Waals surface area contributed by atoms with Crippen molar-refractivity contribution in [2.45, 2.75) is 68.6 Å². The second-order valence-electron chi connectivity index (χ2n) is 5.38. The minimum Gasteiger partial charge on any atom is -0.394 e. The average Bonchev–Trinajstić information content (AvgIpc) is 2.86. The van der Waals surface area contributed by atoms with Gasteiger partial charge in [0, 0.05) is 12.8 Å². The highest BCUT2D eigenvalue weighted by atomic mass is 16.8. The fourth-order valence-electron chi connectivity index (χ4n) is 3.12. The van der Waals surface area contributed by atoms with Crippen molar-refractivity contribution in [3.8, 4) is 0 Å². The summed E-state index contributed by atoms with van der Waals surface area (Å²) >= 11 is 0. The van der Waals surface area contributed by atoms with Crippen LogP contribution in [0.4, 0.5) is 0 Å². The first-order valence-electron chi connectivity index (χ1n) is 6.63. The second-order valence-corrected chi connectivity index (χ2v) is 5.38. The standard InChI is InChI=1S/C12H20O6/c13-6-7(14)9-8(15)10-11(16-9)18-12(17-10)4-2-1-3-5-12/h7-11,13-15H,1-6H2/t7-,8-,9+,10+,11+/m0/s1. The van der Waals surface area contributed by atoms with Gasteiger partial charge in [0.2, 0.25) is 0 Å². The van der Waals surface area contributed by atoms with E-state index in [0.717, 1.165) is 25.7 Å². The van der Waals surface area contributed by atoms with Gasteiger partial charge in [-0.2, -0.15) is 0 Å². The van der Waals surface area contributed by atoms with Crippen LogP contribution in [0, 0.1) is 0 Å². The Labute approximate surface area is 105 Å². The van der Waals surface area contributed by atoms with Crippen LogP contribution < -0.4 is 0 Å². The zero-order valence-electron chi connectivity index (χ0n) is 10.2. The third kappa shape index (κ3) is 1.97. The summed E-state index contributed by atoms with van der Waals surface area (Å²) in [6.07, 6.45) is 0.824. The molecule has 3 aliphatic rings. The van der Waals surface area contributed by atoms with E-state index < -0.39 is 43.1 Å². The van der Waals surface area contributed by atoms with Gasteiger partial charge in [0.25, 0.3) is 0 Å². The van der Waals surface area contributed by atoms with Gasteiger partial charge in [-0.25, -0.2) is 0 Å². The molecule has 6 heteroatoms. The first kappa shape index (κ1) is 12.8. The van der Waals surface area contributed by atoms with Gasteiger partial charge in [0.15, 0.2) is 12.1 Å². The molecule has 1 aliphatic carbocycles. The predicted molar refractivity (Wildman–Crippen MR) is 59.5 cm³/mol. The summed E-state index contributed by atoms with van der Waals surface area (Å²) in [5, 5.41) is 28.5. The number of fused-ring (bicyclic) bond motifs is 1. The lowest BCUT2D eigenvalue weighted by atomic mass is 9.94. The van der Waals surface area contributed by atoms with E-state index in [1.54, 1.807) is 0 Å². The highest BCUT2D eigenvalue weighted by Gasteiger charge is 2.58. The van der Waals surface area contributed by atoms with Crippen molar-refractivity contribution in [2.75, 3.05) is 6.61 Å². The van der Waals surface area contributed by atoms with E-state index in [2.05, 4.69) is 0 Å². The Morgan fingerprint density at radius 1 is 1.17 bits per heavy atom. The molecule has 2 heterocycles. The molecule has 104 valence electrons. The maximum absolute atomic E-state index is 10.1. The Hall–Kier alpha value is -0.240. The molecular formula is C12H20O6. The molecular weight excluding hydrogens is 240 g/mol. The van der Waals surface area contributed by atoms with Gasteiger partial charge in [-0.1, -0.05) is 6.42 Å². The maximum atomic E-state index is 10.1. The third-order valence-electron chi connectivity index (χ3n) is 4.10. The van der Waals surface area contributed by atoms with Crippen LogP contribution >= 0.6 is 0 Å². The lowest BCUT2D eigenvalue weighted by molar-refractivity contribution is -0.254. The van der Waals surface area contributed by atoms with Gasteiger partial charge in [-0.05, 0) is 12.8 Å². The van der Waals surface area contributed by atoms with E-state index >= 15 is 0 Å². The maximum Gasteiger partial charge on any atom is 0.190 e. The number of ether oxygens (including phenoxy) is 3. The molecule has 6 nitrogen and oxygen atoms in total. The van der Waals surface area contributed by atoms with Crippen molar-refractivity contribution in [1.82, 2.24) is 0 Å². The summed E-state index contributed by atoms with van der Waals surface area (Å²) in [5.41, 5.74) is 0. The van der Waals surface area contributed by atoms with Crippen molar-refractivity contribution in [3.63, 3.8) is 0 Å². The van der Waals surface area contributed by atoms with Crippen LogP contribution in [-0.4, -0.2) is 58.4 Å². The molecule has 5 atom stereocenters. The SMILES string of the molecule is OC[C@H](O)[C@H]1O[C@@H]2OC3(CCCCC3)O[C@@H]2[C@H]1O. The van der Waals surface area contributed by atoms with E-state index in [1.807, 2.05) is 0 Å². The minimum absolute atomic E-state index is 0.452. The van der Waals surface area contributed by atoms with Crippen molar-refractivity contribution < 1.29 is 29.5 Å². The number of aliphatic hydroxyl groups excluding tert-OH is 3. The zero-order valence-corrected chi connectivity index (χ0v) is 10.2. The smallest absolute Gasteiger partial charge is 0.190 e. The summed E-state index contributed by atoms with van der Waals surface area (Å²) in [4.78, 5) is 0. The van der Waals surface area contributed by atoms with Crippen LogP contribution in [0.25, 0.3) is 0 Å². The van der Waals surface area contributed by atoms with Gasteiger partial charge < -0.3 is 29.5 Å². The van der Waals surface area contributed by atoms with Crippen LogP contribution in [0.2, 0.25) is 0 Å². The lowest BCUT2D eigenvalue weighted by Gasteiger charge is -2.33. The third-order valence-corrected chi connectivity index (χ3v) is 4.10. The largest absolute Gasteiger partial charge is 0.394 e. The van der Waals surface area contributed by atoms with Crippen LogP contribution in [0.1, 0.15) is 32.1 Å². The Morgan fingerprint density at radius 3 is 2.50 bits per heavy atom. The number of rotatable bonds is 2. The topological polar surface area (TPSA) is 88.4 Å². The van der Waals surface area contributed by atoms with Crippen LogP contribution in [0.5, 0.6) is 0 Å². The molecule has 3 rings (SSSR count). The molecule has 1 spiro atoms. The minimum atomic E-state index is -1.11. The molecule has 0 aromatic carbocycles. The van der Waals surface area contributed by atoms with E-state index in [-0.39, 0.29) is 0 Å². The quantitative estimate of drug-likeness (QED) is 0.620. The van der Waals surface area contributed by atoms with Gasteiger partial charge in [-0.15, -0.1) is 0 Å². The molecule has 0 radical (unpaired) electrons. The Bertz CT molecular complexity index is 303. The molecule has 0 unspecified atom stereocenters. The zero-order chi connectivity index (χ0) is 12.8. The Balaban J connectivity index is 1.68. The monoisotopic (exact) mass is 260 g/mol. The molecule has 0 bridgehead atoms. The summed E-state index contributed by atoms with van der Waals surface area (Å²) in [6, 6.07) is 0. The van der Waals surface area contributed by atoms with Gasteiger partial charge >= 0.3 is 0 Å². The number of hydrogen-bond acceptors (Lipinski definition) is 6. The van der Waals surface area contributed by atoms with E-state index in [0.29, 0.717) is 0 Å². The van der Waals surface area contributed by atoms with Gasteiger partial charge in [0.05, 0.1) is 6.61 Å². The lowest BCUT2D eigenvalue weighted by Crippen LogP contribution is -2.43. The molecule has 18 heavy (non-hydrogen) atoms. The Morgan fingerprint density at radius 2 is 1.89 bits per heavy atom. The normalized spacial score (nSPS) is 44.2. The van der Waals surface area contributed by atoms with Crippen molar-refractivity contribution in [3.05, 3.63) is 0 Å². The fourth-order valence-corrected chi connectivity index (χ4v) is 3.12. The first-order chi connectivity index (χ1) is 8.65. The second kappa shape index (κ2) is 4.70. The van der Waals surface area contributed by atoms with Crippen molar-refractivity contribution in [1.29, 1.82) is 0 Å². The van der Waals surface area contributed by atoms with Crippen molar-refractivity contribution >= 4 is 0 Å². The Kier molecular flexibility index (Phi) is 3.34. The molecule has 2 saturated heterocycles. The summed E-state index contributed by atoms with van der Waals surface area (Å²) in [7, 11) is 0. The van der Waals surface area contributed by atoms with Crippen LogP contribution in [-0.2, 0) is 14.2 Å². The highest BCUT2D eigenvalue weighted by Crippen LogP contribution is 2.45. The van der Waals surface area contributed by atoms with E-state index in [9.17, 15) is 10.2 Å². The van der Waals surface area contributed by atoms with E-state index in [1.165, 1.54) is 6.42 Å². The molecule has 0 amide bonds. The fraction of sp³-hybridized carbons (Fsp3) is 1.00. The van der Waals surface area contributed by atoms with Crippen LogP contribution in [0.15, 0.2) is 0 Å². The molecule has 0 aromatic heterocycles. The molecule has 1 saturated carbocycles.